The van der Waals surface area contributed by atoms with Crippen LogP contribution >= 0.6 is 0 Å². The van der Waals surface area contributed by atoms with Gasteiger partial charge in [-0.3, -0.25) is 9.36 Å². The number of ether oxygens (including phenoxy) is 4. The molecule has 214 valence electrons. The number of aromatic nitrogens is 1. The van der Waals surface area contributed by atoms with Gasteiger partial charge in [-0.1, -0.05) is 24.8 Å². The summed E-state index contributed by atoms with van der Waals surface area (Å²) >= 11 is 0. The van der Waals surface area contributed by atoms with E-state index in [9.17, 15) is 22.8 Å². The fourth-order valence-corrected chi connectivity index (χ4v) is 4.45. The summed E-state index contributed by atoms with van der Waals surface area (Å²) in [6.07, 6.45) is -4.04. The zero-order valence-corrected chi connectivity index (χ0v) is 22.7. The SMILES string of the molecule is C=CCOC(=O)[C@H](C)Oc1cccc(Cc2c(C)n(C(=O)c3ccc(OC)cc3)c3ccc(OC(F)(F)F)cc23)c1. The van der Waals surface area contributed by atoms with Crippen molar-refractivity contribution in [3.63, 3.8) is 0 Å². The molecule has 1 heterocycles. The number of fused-ring (bicyclic) bond motifs is 1. The Morgan fingerprint density at radius 1 is 1.00 bits per heavy atom. The monoisotopic (exact) mass is 567 g/mol. The van der Waals surface area contributed by atoms with E-state index in [0.29, 0.717) is 39.2 Å². The summed E-state index contributed by atoms with van der Waals surface area (Å²) in [6.45, 7) is 6.86. The lowest BCUT2D eigenvalue weighted by Gasteiger charge is -2.14. The van der Waals surface area contributed by atoms with Crippen LogP contribution in [0.15, 0.2) is 79.4 Å². The molecular weight excluding hydrogens is 539 g/mol. The molecule has 0 bridgehead atoms. The van der Waals surface area contributed by atoms with Crippen LogP contribution in [0.5, 0.6) is 17.2 Å². The van der Waals surface area contributed by atoms with Gasteiger partial charge in [0, 0.05) is 16.6 Å². The minimum absolute atomic E-state index is 0.0607. The number of benzene rings is 3. The maximum absolute atomic E-state index is 13.6. The highest BCUT2D eigenvalue weighted by atomic mass is 19.4. The van der Waals surface area contributed by atoms with Gasteiger partial charge < -0.3 is 18.9 Å². The maximum Gasteiger partial charge on any atom is 0.573 e. The number of halogens is 3. The van der Waals surface area contributed by atoms with Crippen LogP contribution in [0.25, 0.3) is 10.9 Å². The van der Waals surface area contributed by atoms with Gasteiger partial charge in [-0.05, 0) is 86.0 Å². The maximum atomic E-state index is 13.6. The number of esters is 1. The molecule has 0 fully saturated rings. The van der Waals surface area contributed by atoms with Crippen LogP contribution in [0, 0.1) is 6.92 Å². The topological polar surface area (TPSA) is 76.0 Å². The molecule has 0 saturated heterocycles. The van der Waals surface area contributed by atoms with E-state index in [2.05, 4.69) is 11.3 Å². The minimum atomic E-state index is -4.88. The van der Waals surface area contributed by atoms with Gasteiger partial charge in [0.25, 0.3) is 5.91 Å². The van der Waals surface area contributed by atoms with Gasteiger partial charge in [-0.2, -0.15) is 0 Å². The smallest absolute Gasteiger partial charge is 0.497 e. The number of carbonyl (C=O) groups excluding carboxylic acids is 2. The molecule has 0 unspecified atom stereocenters. The Kier molecular flexibility index (Phi) is 8.71. The molecule has 0 aliphatic carbocycles. The Balaban J connectivity index is 1.73. The van der Waals surface area contributed by atoms with Crippen LogP contribution in [0.3, 0.4) is 0 Å². The molecule has 41 heavy (non-hydrogen) atoms. The molecule has 3 aromatic carbocycles. The van der Waals surface area contributed by atoms with Crippen molar-refractivity contribution >= 4 is 22.8 Å². The number of nitrogens with zero attached hydrogens (tertiary/aromatic N) is 1. The zero-order chi connectivity index (χ0) is 29.7. The Labute approximate surface area is 234 Å². The van der Waals surface area contributed by atoms with Crippen molar-refractivity contribution in [2.75, 3.05) is 13.7 Å². The summed E-state index contributed by atoms with van der Waals surface area (Å²) in [5.74, 6) is -0.319. The molecule has 0 aliphatic rings. The van der Waals surface area contributed by atoms with E-state index >= 15 is 0 Å². The fraction of sp³-hybridized carbons (Fsp3) is 0.226. The van der Waals surface area contributed by atoms with Gasteiger partial charge in [-0.25, -0.2) is 4.79 Å². The van der Waals surface area contributed by atoms with Crippen molar-refractivity contribution in [1.82, 2.24) is 4.57 Å². The molecule has 1 aromatic heterocycles. The predicted molar refractivity (Wildman–Crippen MR) is 147 cm³/mol. The number of methoxy groups -OCH3 is 1. The number of hydrogen-bond acceptors (Lipinski definition) is 6. The average molecular weight is 568 g/mol. The summed E-state index contributed by atoms with van der Waals surface area (Å²) in [5, 5.41) is 0.429. The van der Waals surface area contributed by atoms with Crippen molar-refractivity contribution in [3.8, 4) is 17.2 Å². The second-order valence-electron chi connectivity index (χ2n) is 9.16. The van der Waals surface area contributed by atoms with Crippen LogP contribution in [0.2, 0.25) is 0 Å². The lowest BCUT2D eigenvalue weighted by atomic mass is 10.0. The highest BCUT2D eigenvalue weighted by molar-refractivity contribution is 6.04. The first-order chi connectivity index (χ1) is 19.5. The first-order valence-corrected chi connectivity index (χ1v) is 12.6. The Bertz CT molecular complexity index is 1570. The molecule has 7 nitrogen and oxygen atoms in total. The largest absolute Gasteiger partial charge is 0.573 e. The first kappa shape index (κ1) is 29.3. The standard InChI is InChI=1S/C31H28F3NO6/c1-5-15-39-30(37)20(3)40-24-8-6-7-21(16-24)17-26-19(2)35(29(36)22-9-11-23(38-4)12-10-22)28-14-13-25(18-27(26)28)41-31(32,33)34/h5-14,16,18,20H,1,15,17H2,2-4H3/t20-/m0/s1. The quantitative estimate of drug-likeness (QED) is 0.158. The van der Waals surface area contributed by atoms with Gasteiger partial charge in [0.2, 0.25) is 0 Å². The van der Waals surface area contributed by atoms with Crippen LogP contribution in [0.4, 0.5) is 13.2 Å². The van der Waals surface area contributed by atoms with Gasteiger partial charge in [0.15, 0.2) is 6.10 Å². The van der Waals surface area contributed by atoms with Gasteiger partial charge in [0.05, 0.1) is 12.6 Å². The Morgan fingerprint density at radius 2 is 1.71 bits per heavy atom. The van der Waals surface area contributed by atoms with E-state index in [1.54, 1.807) is 56.3 Å². The number of carbonyl (C=O) groups is 2. The van der Waals surface area contributed by atoms with E-state index in [1.807, 2.05) is 6.07 Å². The van der Waals surface area contributed by atoms with E-state index < -0.39 is 24.2 Å². The summed E-state index contributed by atoms with van der Waals surface area (Å²) in [5.41, 5.74) is 2.73. The summed E-state index contributed by atoms with van der Waals surface area (Å²) < 4.78 is 60.6. The molecule has 0 amide bonds. The second kappa shape index (κ2) is 12.2. The third-order valence-electron chi connectivity index (χ3n) is 6.35. The van der Waals surface area contributed by atoms with Crippen molar-refractivity contribution in [3.05, 3.63) is 102 Å². The third kappa shape index (κ3) is 6.89. The van der Waals surface area contributed by atoms with Gasteiger partial charge in [-0.15, -0.1) is 13.2 Å². The third-order valence-corrected chi connectivity index (χ3v) is 6.35. The van der Waals surface area contributed by atoms with Crippen molar-refractivity contribution < 1.29 is 41.7 Å². The lowest BCUT2D eigenvalue weighted by Crippen LogP contribution is -2.26. The van der Waals surface area contributed by atoms with Crippen molar-refractivity contribution in [2.24, 2.45) is 0 Å². The van der Waals surface area contributed by atoms with Crippen LogP contribution in [-0.4, -0.2) is 42.6 Å². The molecule has 0 radical (unpaired) electrons. The summed E-state index contributed by atoms with van der Waals surface area (Å²) in [7, 11) is 1.52. The van der Waals surface area contributed by atoms with Crippen molar-refractivity contribution in [1.29, 1.82) is 0 Å². The van der Waals surface area contributed by atoms with Crippen LogP contribution in [0.1, 0.15) is 34.1 Å². The van der Waals surface area contributed by atoms with Crippen LogP contribution in [-0.2, 0) is 16.0 Å². The lowest BCUT2D eigenvalue weighted by molar-refractivity contribution is -0.274. The molecule has 0 spiro atoms. The highest BCUT2D eigenvalue weighted by Crippen LogP contribution is 2.34. The summed E-state index contributed by atoms with van der Waals surface area (Å²) in [4.78, 5) is 25.7. The van der Waals surface area contributed by atoms with Crippen LogP contribution < -0.4 is 14.2 Å². The summed E-state index contributed by atoms with van der Waals surface area (Å²) in [6, 6.07) is 17.4. The molecule has 1 atom stereocenters. The zero-order valence-electron chi connectivity index (χ0n) is 22.7. The van der Waals surface area contributed by atoms with E-state index in [1.165, 1.54) is 36.0 Å². The second-order valence-corrected chi connectivity index (χ2v) is 9.16. The molecule has 0 N–H and O–H groups in total. The molecular formula is C31H28F3NO6. The normalized spacial score (nSPS) is 12.0. The average Bonchev–Trinajstić information content (AvgIpc) is 3.20. The minimum Gasteiger partial charge on any atom is -0.497 e. The van der Waals surface area contributed by atoms with Gasteiger partial charge in [0.1, 0.15) is 23.9 Å². The molecule has 10 heteroatoms. The van der Waals surface area contributed by atoms with Gasteiger partial charge >= 0.3 is 12.3 Å². The van der Waals surface area contributed by atoms with Crippen molar-refractivity contribution in [2.45, 2.75) is 32.7 Å². The predicted octanol–water partition coefficient (Wildman–Crippen LogP) is 6.63. The first-order valence-electron chi connectivity index (χ1n) is 12.6. The van der Waals surface area contributed by atoms with E-state index in [0.717, 1.165) is 5.56 Å². The van der Waals surface area contributed by atoms with E-state index in [-0.39, 0.29) is 18.9 Å². The number of rotatable bonds is 10. The highest BCUT2D eigenvalue weighted by Gasteiger charge is 2.31. The number of alkyl halides is 3. The fourth-order valence-electron chi connectivity index (χ4n) is 4.45. The Hall–Kier alpha value is -4.73. The molecule has 0 aliphatic heterocycles. The number of hydrogen-bond donors (Lipinski definition) is 0. The molecule has 4 rings (SSSR count). The molecule has 0 saturated carbocycles. The van der Waals surface area contributed by atoms with E-state index in [4.69, 9.17) is 14.2 Å². The molecule has 4 aromatic rings. The Morgan fingerprint density at radius 3 is 2.37 bits per heavy atom.